The average molecular weight is 456 g/mol. The summed E-state index contributed by atoms with van der Waals surface area (Å²) in [6.07, 6.45) is 0.478. The van der Waals surface area contributed by atoms with Gasteiger partial charge in [0.25, 0.3) is 6.41 Å². The van der Waals surface area contributed by atoms with Crippen LogP contribution in [0.2, 0.25) is 0 Å². The van der Waals surface area contributed by atoms with E-state index in [-0.39, 0.29) is 6.04 Å². The van der Waals surface area contributed by atoms with Gasteiger partial charge in [-0.25, -0.2) is 0 Å². The smallest absolute Gasteiger partial charge is 0.282 e. The number of aliphatic hydroxyl groups is 1. The Morgan fingerprint density at radius 1 is 1.30 bits per heavy atom. The van der Waals surface area contributed by atoms with Crippen LogP contribution in [-0.4, -0.2) is 41.5 Å². The molecule has 146 valence electrons. The molecule has 0 radical (unpaired) electrons. The van der Waals surface area contributed by atoms with E-state index in [0.29, 0.717) is 29.6 Å². The summed E-state index contributed by atoms with van der Waals surface area (Å²) in [6, 6.07) is 10.8. The lowest BCUT2D eigenvalue weighted by atomic mass is 10.1. The second-order valence-corrected chi connectivity index (χ2v) is 8.46. The molecule has 0 bridgehead atoms. The molecule has 0 saturated heterocycles. The molecular formula is C19H22BrNO5S. The number of benzene rings is 2. The van der Waals surface area contributed by atoms with E-state index in [9.17, 15) is 9.32 Å². The number of fused-ring (bicyclic) bond motifs is 1. The van der Waals surface area contributed by atoms with E-state index in [0.717, 1.165) is 15.7 Å². The molecule has 3 rings (SSSR count). The molecule has 1 aliphatic rings. The van der Waals surface area contributed by atoms with Crippen molar-refractivity contribution < 1.29 is 23.5 Å². The Morgan fingerprint density at radius 3 is 2.74 bits per heavy atom. The Hall–Kier alpha value is -1.77. The van der Waals surface area contributed by atoms with E-state index in [1.54, 1.807) is 24.3 Å². The van der Waals surface area contributed by atoms with Crippen molar-refractivity contribution in [2.45, 2.75) is 19.4 Å². The predicted molar refractivity (Wildman–Crippen MR) is 109 cm³/mol. The Labute approximate surface area is 169 Å². The van der Waals surface area contributed by atoms with Crippen LogP contribution in [0.3, 0.4) is 0 Å². The molecule has 0 spiro atoms. The van der Waals surface area contributed by atoms with Crippen LogP contribution in [0.15, 0.2) is 40.9 Å². The third kappa shape index (κ3) is 4.23. The second kappa shape index (κ2) is 8.50. The molecule has 2 aromatic rings. The topological polar surface area (TPSA) is 68.2 Å². The fraction of sp³-hybridized carbons (Fsp3) is 0.368. The van der Waals surface area contributed by atoms with Crippen molar-refractivity contribution in [3.05, 3.63) is 46.4 Å². The number of anilines is 1. The van der Waals surface area contributed by atoms with Crippen LogP contribution in [0.5, 0.6) is 17.2 Å². The molecule has 1 aliphatic heterocycles. The van der Waals surface area contributed by atoms with Gasteiger partial charge in [-0.1, -0.05) is 22.0 Å². The Morgan fingerprint density at radius 2 is 2.07 bits per heavy atom. The summed E-state index contributed by atoms with van der Waals surface area (Å²) in [7, 11) is 0.490. The average Bonchev–Trinajstić information content (AvgIpc) is 2.94. The number of nitrogens with zero attached hydrogens (tertiary/aromatic N) is 1. The molecule has 27 heavy (non-hydrogen) atoms. The first-order valence-electron chi connectivity index (χ1n) is 8.48. The minimum atomic E-state index is -1.17. The highest BCUT2D eigenvalue weighted by atomic mass is 79.9. The van der Waals surface area contributed by atoms with Gasteiger partial charge in [-0.3, -0.25) is 4.21 Å². The molecule has 0 aliphatic carbocycles. The van der Waals surface area contributed by atoms with E-state index in [1.807, 2.05) is 37.3 Å². The molecule has 1 heterocycles. The number of hydrogen-bond donors (Lipinski definition) is 1. The summed E-state index contributed by atoms with van der Waals surface area (Å²) < 4.78 is 29.6. The molecule has 0 aromatic heterocycles. The summed E-state index contributed by atoms with van der Waals surface area (Å²) in [5, 5.41) is 10.6. The van der Waals surface area contributed by atoms with Gasteiger partial charge >= 0.3 is 0 Å². The molecule has 1 N–H and O–H groups in total. The fourth-order valence-corrected chi connectivity index (χ4v) is 4.27. The lowest BCUT2D eigenvalue weighted by molar-refractivity contribution is -0.00742. The first-order chi connectivity index (χ1) is 12.9. The minimum absolute atomic E-state index is 0.327. The van der Waals surface area contributed by atoms with Gasteiger partial charge in [0.15, 0.2) is 11.5 Å². The van der Waals surface area contributed by atoms with Crippen LogP contribution in [0, 0.1) is 0 Å². The van der Waals surface area contributed by atoms with Crippen molar-refractivity contribution in [1.82, 2.24) is 0 Å². The van der Waals surface area contributed by atoms with Crippen molar-refractivity contribution in [1.29, 1.82) is 0 Å². The van der Waals surface area contributed by atoms with Gasteiger partial charge in [0.1, 0.15) is 5.75 Å². The maximum atomic E-state index is 12.1. The normalized spacial score (nSPS) is 17.8. The highest BCUT2D eigenvalue weighted by Gasteiger charge is 2.36. The summed E-state index contributed by atoms with van der Waals surface area (Å²) in [6.45, 7) is 2.40. The van der Waals surface area contributed by atoms with Crippen molar-refractivity contribution >= 4 is 32.4 Å². The minimum Gasteiger partial charge on any atom is -0.493 e. The number of ether oxygens (including phenoxy) is 3. The number of rotatable bonds is 7. The highest BCUT2D eigenvalue weighted by molar-refractivity contribution is 9.10. The van der Waals surface area contributed by atoms with E-state index >= 15 is 0 Å². The van der Waals surface area contributed by atoms with Gasteiger partial charge in [0, 0.05) is 27.3 Å². The first-order valence-corrected chi connectivity index (χ1v) is 11.0. The SMILES string of the molecule is CCOc1cc([C@@H](CS(C)=O)N2c3ccc(Br)cc3OC2O)ccc1OC. The van der Waals surface area contributed by atoms with E-state index < -0.39 is 17.2 Å². The predicted octanol–water partition coefficient (Wildman–Crippen LogP) is 3.45. The third-order valence-corrected chi connectivity index (χ3v) is 5.55. The van der Waals surface area contributed by atoms with Gasteiger partial charge < -0.3 is 24.2 Å². The second-order valence-electron chi connectivity index (χ2n) is 6.06. The molecule has 0 fully saturated rings. The zero-order valence-electron chi connectivity index (χ0n) is 15.3. The molecule has 6 nitrogen and oxygen atoms in total. The van der Waals surface area contributed by atoms with Crippen molar-refractivity contribution in [3.63, 3.8) is 0 Å². The molecular weight excluding hydrogens is 434 g/mol. The van der Waals surface area contributed by atoms with Crippen LogP contribution in [-0.2, 0) is 10.8 Å². The maximum Gasteiger partial charge on any atom is 0.282 e. The molecule has 0 saturated carbocycles. The van der Waals surface area contributed by atoms with Crippen LogP contribution in [0.1, 0.15) is 18.5 Å². The summed E-state index contributed by atoms with van der Waals surface area (Å²) >= 11 is 3.41. The number of aliphatic hydroxyl groups excluding tert-OH is 1. The van der Waals surface area contributed by atoms with Gasteiger partial charge in [0.2, 0.25) is 0 Å². The largest absolute Gasteiger partial charge is 0.493 e. The number of hydrogen-bond acceptors (Lipinski definition) is 6. The van der Waals surface area contributed by atoms with Gasteiger partial charge in [0.05, 0.1) is 25.4 Å². The first kappa shape index (κ1) is 20.0. The molecule has 8 heteroatoms. The molecule has 2 aromatic carbocycles. The van der Waals surface area contributed by atoms with Crippen molar-refractivity contribution in [3.8, 4) is 17.2 Å². The molecule has 3 atom stereocenters. The zero-order chi connectivity index (χ0) is 19.6. The fourth-order valence-electron chi connectivity index (χ4n) is 3.14. The standard InChI is InChI=1S/C19H22BrNO5S/c1-4-25-18-9-12(5-8-16(18)24-2)15(11-27(3)23)21-14-7-6-13(20)10-17(14)26-19(21)22/h5-10,15,19,22H,4,11H2,1-3H3/t15-,19?,27?/m1/s1. The molecule has 0 amide bonds. The Balaban J connectivity index is 2.05. The van der Waals surface area contributed by atoms with Crippen molar-refractivity contribution in [2.75, 3.05) is 30.6 Å². The zero-order valence-corrected chi connectivity index (χ0v) is 17.7. The molecule has 2 unspecified atom stereocenters. The summed E-state index contributed by atoms with van der Waals surface area (Å²) in [4.78, 5) is 1.74. The van der Waals surface area contributed by atoms with Crippen molar-refractivity contribution in [2.24, 2.45) is 0 Å². The third-order valence-electron chi connectivity index (χ3n) is 4.27. The Bertz CT molecular complexity index is 847. The summed E-state index contributed by atoms with van der Waals surface area (Å²) in [5.74, 6) is 2.13. The Kier molecular flexibility index (Phi) is 6.29. The van der Waals surface area contributed by atoms with Gasteiger partial charge in [-0.15, -0.1) is 0 Å². The maximum absolute atomic E-state index is 12.1. The van der Waals surface area contributed by atoms with Gasteiger partial charge in [-0.2, -0.15) is 0 Å². The lowest BCUT2D eigenvalue weighted by Crippen LogP contribution is -2.40. The lowest BCUT2D eigenvalue weighted by Gasteiger charge is -2.31. The van der Waals surface area contributed by atoms with E-state index in [2.05, 4.69) is 15.9 Å². The number of methoxy groups -OCH3 is 1. The number of halogens is 1. The van der Waals surface area contributed by atoms with E-state index in [1.165, 1.54) is 0 Å². The van der Waals surface area contributed by atoms with Crippen LogP contribution >= 0.6 is 15.9 Å². The van der Waals surface area contributed by atoms with E-state index in [4.69, 9.17) is 14.2 Å². The van der Waals surface area contributed by atoms with Crippen LogP contribution < -0.4 is 19.1 Å². The summed E-state index contributed by atoms with van der Waals surface area (Å²) in [5.41, 5.74) is 1.60. The van der Waals surface area contributed by atoms with Crippen LogP contribution in [0.25, 0.3) is 0 Å². The van der Waals surface area contributed by atoms with Gasteiger partial charge in [-0.05, 0) is 42.8 Å². The van der Waals surface area contributed by atoms with Crippen LogP contribution in [0.4, 0.5) is 5.69 Å². The monoisotopic (exact) mass is 455 g/mol. The quantitative estimate of drug-likeness (QED) is 0.689. The highest BCUT2D eigenvalue weighted by Crippen LogP contribution is 2.44.